The Balaban J connectivity index is 0.00000456. The molecule has 0 saturated carbocycles. The molecule has 0 aliphatic heterocycles. The van der Waals surface area contributed by atoms with Crippen LogP contribution in [0.15, 0.2) is 36.4 Å². The Morgan fingerprint density at radius 3 is 2.56 bits per heavy atom. The highest BCUT2D eigenvalue weighted by Gasteiger charge is 2.26. The predicted molar refractivity (Wildman–Crippen MR) is 145 cm³/mol. The average Bonchev–Trinajstić information content (AvgIpc) is 2.88. The van der Waals surface area contributed by atoms with E-state index in [0.29, 0.717) is 24.1 Å². The van der Waals surface area contributed by atoms with Crippen molar-refractivity contribution in [3.8, 4) is 23.0 Å². The minimum absolute atomic E-state index is 0. The number of unbranched alkanes of at least 4 members (excludes halogenated alkanes) is 3. The van der Waals surface area contributed by atoms with Gasteiger partial charge in [0.25, 0.3) is 5.91 Å². The van der Waals surface area contributed by atoms with E-state index in [4.69, 9.17) is 9.47 Å². The molecule has 1 atom stereocenters. The summed E-state index contributed by atoms with van der Waals surface area (Å²) < 4.78 is 10.8. The number of benzene rings is 2. The van der Waals surface area contributed by atoms with E-state index >= 15 is 0 Å². The van der Waals surface area contributed by atoms with Gasteiger partial charge in [0, 0.05) is 18.2 Å². The molecule has 3 rings (SSSR count). The second kappa shape index (κ2) is 15.5. The Bertz CT molecular complexity index is 956. The summed E-state index contributed by atoms with van der Waals surface area (Å²) in [7, 11) is 1.58. The van der Waals surface area contributed by atoms with Gasteiger partial charge in [-0.1, -0.05) is 38.0 Å². The van der Waals surface area contributed by atoms with E-state index in [1.54, 1.807) is 25.3 Å². The highest BCUT2D eigenvalue weighted by molar-refractivity contribution is 5.85. The third-order valence-electron chi connectivity index (χ3n) is 6.69. The van der Waals surface area contributed by atoms with Crippen LogP contribution in [0.3, 0.4) is 0 Å². The number of phenols is 2. The zero-order valence-electron chi connectivity index (χ0n) is 21.5. The molecule has 2 aromatic rings. The largest absolute Gasteiger partial charge is 0.504 e. The first-order valence-corrected chi connectivity index (χ1v) is 12.8. The number of halogens is 1. The first-order valence-electron chi connectivity index (χ1n) is 12.8. The van der Waals surface area contributed by atoms with Gasteiger partial charge in [-0.25, -0.2) is 0 Å². The molecule has 1 amide bonds. The monoisotopic (exact) mass is 520 g/mol. The Labute approximate surface area is 221 Å². The minimum atomic E-state index is -0.123. The molecule has 0 radical (unpaired) electrons. The van der Waals surface area contributed by atoms with Crippen molar-refractivity contribution in [1.29, 1.82) is 0 Å². The van der Waals surface area contributed by atoms with Crippen LogP contribution in [0.25, 0.3) is 0 Å². The van der Waals surface area contributed by atoms with E-state index in [1.807, 2.05) is 18.2 Å². The van der Waals surface area contributed by atoms with Crippen LogP contribution in [-0.4, -0.2) is 60.4 Å². The summed E-state index contributed by atoms with van der Waals surface area (Å²) in [6, 6.07) is 11.3. The fourth-order valence-corrected chi connectivity index (χ4v) is 4.83. The lowest BCUT2D eigenvalue weighted by Crippen LogP contribution is -2.40. The number of aromatic hydroxyl groups is 2. The molecule has 0 saturated heterocycles. The summed E-state index contributed by atoms with van der Waals surface area (Å²) in [5.41, 5.74) is 2.07. The third-order valence-corrected chi connectivity index (χ3v) is 6.69. The molecule has 0 heterocycles. The molecular weight excluding hydrogens is 480 g/mol. The number of nitrogens with zero attached hydrogens (tertiary/aromatic N) is 1. The van der Waals surface area contributed by atoms with Crippen molar-refractivity contribution in [3.63, 3.8) is 0 Å². The number of carbonyl (C=O) groups excluding carboxylic acids is 1. The standard InChI is InChI=1S/C28H40N2O5.ClH/c1-3-17-30(22-13-14-23-21(19-22)12-15-24(31)28(23)33)18-9-5-4-8-16-29-27(32)20-35-26-11-7-6-10-25(26)34-2;/h6-7,10-12,15,22,31,33H,3-5,8-9,13-14,16-20H2,1-2H3,(H,29,32);1H. The van der Waals surface area contributed by atoms with Gasteiger partial charge in [-0.05, 0) is 75.4 Å². The summed E-state index contributed by atoms with van der Waals surface area (Å²) in [4.78, 5) is 14.6. The summed E-state index contributed by atoms with van der Waals surface area (Å²) in [5, 5.41) is 22.8. The molecule has 200 valence electrons. The van der Waals surface area contributed by atoms with E-state index in [0.717, 1.165) is 75.6 Å². The first kappa shape index (κ1) is 29.6. The number of fused-ring (bicyclic) bond motifs is 1. The number of rotatable bonds is 14. The summed E-state index contributed by atoms with van der Waals surface area (Å²) in [6.07, 6.45) is 8.15. The van der Waals surface area contributed by atoms with Gasteiger partial charge in [-0.2, -0.15) is 0 Å². The second-order valence-electron chi connectivity index (χ2n) is 9.21. The molecule has 2 aromatic carbocycles. The summed E-state index contributed by atoms with van der Waals surface area (Å²) in [6.45, 7) is 4.99. The lowest BCUT2D eigenvalue weighted by Gasteiger charge is -2.35. The van der Waals surface area contributed by atoms with Crippen LogP contribution in [0.1, 0.15) is 56.6 Å². The van der Waals surface area contributed by atoms with Crippen LogP contribution in [-0.2, 0) is 17.6 Å². The zero-order valence-corrected chi connectivity index (χ0v) is 22.3. The van der Waals surface area contributed by atoms with Gasteiger partial charge in [-0.15, -0.1) is 12.4 Å². The Hall–Kier alpha value is -2.64. The fraction of sp³-hybridized carbons (Fsp3) is 0.536. The second-order valence-corrected chi connectivity index (χ2v) is 9.21. The Morgan fingerprint density at radius 1 is 1.06 bits per heavy atom. The molecule has 0 aromatic heterocycles. The third kappa shape index (κ3) is 8.49. The van der Waals surface area contributed by atoms with E-state index in [2.05, 4.69) is 17.1 Å². The SMILES string of the molecule is CCCN(CCCCCCNC(=O)COc1ccccc1OC)C1CCc2c(ccc(O)c2O)C1.Cl. The van der Waals surface area contributed by atoms with E-state index in [9.17, 15) is 15.0 Å². The van der Waals surface area contributed by atoms with Crippen LogP contribution >= 0.6 is 12.4 Å². The van der Waals surface area contributed by atoms with Crippen LogP contribution in [0.4, 0.5) is 0 Å². The maximum Gasteiger partial charge on any atom is 0.257 e. The zero-order chi connectivity index (χ0) is 25.0. The van der Waals surface area contributed by atoms with E-state index in [-0.39, 0.29) is 36.4 Å². The number of hydrogen-bond acceptors (Lipinski definition) is 6. The molecule has 3 N–H and O–H groups in total. The number of ether oxygens (including phenoxy) is 2. The van der Waals surface area contributed by atoms with Crippen molar-refractivity contribution in [2.75, 3.05) is 33.4 Å². The topological polar surface area (TPSA) is 91.3 Å². The Kier molecular flexibility index (Phi) is 12.7. The maximum atomic E-state index is 12.1. The molecule has 0 spiro atoms. The van der Waals surface area contributed by atoms with Crippen molar-refractivity contribution in [3.05, 3.63) is 47.5 Å². The van der Waals surface area contributed by atoms with Gasteiger partial charge < -0.3 is 29.9 Å². The molecule has 0 bridgehead atoms. The Morgan fingerprint density at radius 2 is 1.81 bits per heavy atom. The highest BCUT2D eigenvalue weighted by atomic mass is 35.5. The molecule has 36 heavy (non-hydrogen) atoms. The summed E-state index contributed by atoms with van der Waals surface area (Å²) >= 11 is 0. The number of carbonyl (C=O) groups is 1. The van der Waals surface area contributed by atoms with Crippen molar-refractivity contribution in [2.24, 2.45) is 0 Å². The lowest BCUT2D eigenvalue weighted by atomic mass is 9.86. The lowest BCUT2D eigenvalue weighted by molar-refractivity contribution is -0.123. The van der Waals surface area contributed by atoms with Gasteiger partial charge in [0.1, 0.15) is 0 Å². The molecule has 0 fully saturated rings. The minimum Gasteiger partial charge on any atom is -0.504 e. The number of para-hydroxylation sites is 2. The quantitative estimate of drug-likeness (QED) is 0.243. The predicted octanol–water partition coefficient (Wildman–Crippen LogP) is 4.85. The molecular formula is C28H41ClN2O5. The molecule has 1 aliphatic carbocycles. The van der Waals surface area contributed by atoms with Crippen molar-refractivity contribution in [2.45, 2.75) is 64.3 Å². The van der Waals surface area contributed by atoms with Crippen LogP contribution in [0.2, 0.25) is 0 Å². The number of methoxy groups -OCH3 is 1. The average molecular weight is 521 g/mol. The normalized spacial score (nSPS) is 14.6. The van der Waals surface area contributed by atoms with Gasteiger partial charge in [0.2, 0.25) is 0 Å². The fourth-order valence-electron chi connectivity index (χ4n) is 4.83. The molecule has 1 aliphatic rings. The maximum absolute atomic E-state index is 12.1. The number of nitrogens with one attached hydrogen (secondary N) is 1. The van der Waals surface area contributed by atoms with Gasteiger partial charge in [-0.3, -0.25) is 4.79 Å². The van der Waals surface area contributed by atoms with Crippen molar-refractivity contribution in [1.82, 2.24) is 10.2 Å². The van der Waals surface area contributed by atoms with Gasteiger partial charge in [0.15, 0.2) is 29.6 Å². The summed E-state index contributed by atoms with van der Waals surface area (Å²) in [5.74, 6) is 1.10. The number of amides is 1. The van der Waals surface area contributed by atoms with Crippen molar-refractivity contribution >= 4 is 18.3 Å². The van der Waals surface area contributed by atoms with Crippen molar-refractivity contribution < 1.29 is 24.5 Å². The van der Waals surface area contributed by atoms with Crippen LogP contribution in [0.5, 0.6) is 23.0 Å². The molecule has 7 nitrogen and oxygen atoms in total. The highest BCUT2D eigenvalue weighted by Crippen LogP contribution is 2.36. The molecule has 8 heteroatoms. The number of hydrogen-bond donors (Lipinski definition) is 3. The van der Waals surface area contributed by atoms with Gasteiger partial charge in [0.05, 0.1) is 7.11 Å². The van der Waals surface area contributed by atoms with Gasteiger partial charge >= 0.3 is 0 Å². The van der Waals surface area contributed by atoms with Crippen LogP contribution < -0.4 is 14.8 Å². The molecule has 1 unspecified atom stereocenters. The number of phenolic OH excluding ortho intramolecular Hbond substituents is 2. The van der Waals surface area contributed by atoms with E-state index < -0.39 is 0 Å². The van der Waals surface area contributed by atoms with E-state index in [1.165, 1.54) is 0 Å². The van der Waals surface area contributed by atoms with Crippen LogP contribution in [0, 0.1) is 0 Å². The first-order chi connectivity index (χ1) is 17.0. The smallest absolute Gasteiger partial charge is 0.257 e.